The monoisotopic (exact) mass is 398 g/mol. The van der Waals surface area contributed by atoms with Crippen LogP contribution in [0.15, 0.2) is 21.1 Å². The molecule has 15 heavy (non-hydrogen) atoms. The maximum Gasteiger partial charge on any atom is 0.339 e. The molecule has 0 aromatic heterocycles. The molecule has 0 aliphatic carbocycles. The quantitative estimate of drug-likeness (QED) is 0.559. The molecule has 1 aromatic carbocycles. The van der Waals surface area contributed by atoms with Crippen molar-refractivity contribution in [3.63, 3.8) is 0 Å². The van der Waals surface area contributed by atoms with Gasteiger partial charge < -0.3 is 4.74 Å². The molecule has 0 unspecified atom stereocenters. The summed E-state index contributed by atoms with van der Waals surface area (Å²) in [7, 11) is 0. The third-order valence-corrected chi connectivity index (χ3v) is 3.77. The average molecular weight is 401 g/mol. The maximum absolute atomic E-state index is 11.6. The fraction of sp³-hybridized carbons (Fsp3) is 0.300. The first-order chi connectivity index (χ1) is 7.10. The van der Waals surface area contributed by atoms with E-state index in [0.717, 1.165) is 14.5 Å². The van der Waals surface area contributed by atoms with Gasteiger partial charge >= 0.3 is 5.97 Å². The molecule has 0 saturated carbocycles. The van der Waals surface area contributed by atoms with Gasteiger partial charge in [-0.3, -0.25) is 0 Å². The number of alkyl halides is 1. The topological polar surface area (TPSA) is 26.3 Å². The number of carbonyl (C=O) groups is 1. The van der Waals surface area contributed by atoms with E-state index in [1.165, 1.54) is 0 Å². The summed E-state index contributed by atoms with van der Waals surface area (Å²) in [4.78, 5) is 11.6. The van der Waals surface area contributed by atoms with Gasteiger partial charge in [0.1, 0.15) is 0 Å². The first-order valence-corrected chi connectivity index (χ1v) is 7.01. The lowest BCUT2D eigenvalue weighted by Crippen LogP contribution is -2.06. The van der Waals surface area contributed by atoms with E-state index in [4.69, 9.17) is 4.74 Å². The molecule has 0 spiro atoms. The summed E-state index contributed by atoms with van der Waals surface area (Å²) in [5.41, 5.74) is 1.57. The zero-order chi connectivity index (χ0) is 11.4. The smallest absolute Gasteiger partial charge is 0.339 e. The molecule has 2 nitrogen and oxygen atoms in total. The number of benzene rings is 1. The van der Waals surface area contributed by atoms with Crippen molar-refractivity contribution in [2.24, 2.45) is 0 Å². The van der Waals surface area contributed by atoms with Gasteiger partial charge in [-0.1, -0.05) is 31.9 Å². The Balaban J connectivity index is 3.12. The number of esters is 1. The molecule has 0 aliphatic heterocycles. The lowest BCUT2D eigenvalue weighted by atomic mass is 10.1. The first-order valence-electron chi connectivity index (χ1n) is 4.31. The van der Waals surface area contributed by atoms with Gasteiger partial charge in [0.2, 0.25) is 0 Å². The summed E-state index contributed by atoms with van der Waals surface area (Å²) in [5.74, 6) is -0.306. The Morgan fingerprint density at radius 3 is 2.53 bits per heavy atom. The van der Waals surface area contributed by atoms with Crippen LogP contribution in [0.4, 0.5) is 0 Å². The van der Waals surface area contributed by atoms with E-state index < -0.39 is 0 Å². The van der Waals surface area contributed by atoms with Crippen molar-refractivity contribution in [2.75, 3.05) is 6.61 Å². The molecule has 0 fully saturated rings. The Morgan fingerprint density at radius 1 is 1.33 bits per heavy atom. The van der Waals surface area contributed by atoms with Crippen LogP contribution in [0.3, 0.4) is 0 Å². The van der Waals surface area contributed by atoms with Crippen molar-refractivity contribution in [1.29, 1.82) is 0 Å². The van der Waals surface area contributed by atoms with Crippen LogP contribution in [0.25, 0.3) is 0 Å². The number of ether oxygens (including phenoxy) is 1. The predicted octanol–water partition coefficient (Wildman–Crippen LogP) is 4.28. The van der Waals surface area contributed by atoms with Gasteiger partial charge in [0.25, 0.3) is 0 Å². The molecule has 0 heterocycles. The molecule has 82 valence electrons. The number of rotatable bonds is 3. The number of hydrogen-bond acceptors (Lipinski definition) is 2. The SMILES string of the molecule is CCOC(=O)c1cc(CBr)c(Br)cc1Br. The normalized spacial score (nSPS) is 10.1. The summed E-state index contributed by atoms with van der Waals surface area (Å²) in [6.07, 6.45) is 0. The molecule has 0 atom stereocenters. The number of halogens is 3. The van der Waals surface area contributed by atoms with Crippen molar-refractivity contribution in [2.45, 2.75) is 12.3 Å². The lowest BCUT2D eigenvalue weighted by molar-refractivity contribution is 0.0525. The predicted molar refractivity (Wildman–Crippen MR) is 70.4 cm³/mol. The third-order valence-electron chi connectivity index (χ3n) is 1.78. The Bertz CT molecular complexity index is 377. The van der Waals surface area contributed by atoms with Crippen molar-refractivity contribution < 1.29 is 9.53 Å². The fourth-order valence-corrected chi connectivity index (χ4v) is 3.20. The van der Waals surface area contributed by atoms with Crippen LogP contribution < -0.4 is 0 Å². The minimum absolute atomic E-state index is 0.306. The zero-order valence-corrected chi connectivity index (χ0v) is 12.8. The number of hydrogen-bond donors (Lipinski definition) is 0. The standard InChI is InChI=1S/C10H9Br3O2/c1-2-15-10(14)7-3-6(5-11)8(12)4-9(7)13/h3-4H,2,5H2,1H3. The van der Waals surface area contributed by atoms with E-state index in [1.54, 1.807) is 13.0 Å². The summed E-state index contributed by atoms with van der Waals surface area (Å²) in [6.45, 7) is 2.17. The van der Waals surface area contributed by atoms with Crippen molar-refractivity contribution in [3.8, 4) is 0 Å². The van der Waals surface area contributed by atoms with Crippen LogP contribution in [0.1, 0.15) is 22.8 Å². The van der Waals surface area contributed by atoms with Gasteiger partial charge in [-0.25, -0.2) is 4.79 Å². The largest absolute Gasteiger partial charge is 0.462 e. The van der Waals surface area contributed by atoms with Crippen molar-refractivity contribution >= 4 is 53.8 Å². The molecule has 0 radical (unpaired) electrons. The summed E-state index contributed by atoms with van der Waals surface area (Å²) >= 11 is 10.1. The molecule has 0 aliphatic rings. The van der Waals surface area contributed by atoms with Gasteiger partial charge in [0, 0.05) is 14.3 Å². The van der Waals surface area contributed by atoms with E-state index in [-0.39, 0.29) is 5.97 Å². The van der Waals surface area contributed by atoms with Gasteiger partial charge in [-0.05, 0) is 40.5 Å². The fourth-order valence-electron chi connectivity index (χ4n) is 1.06. The second kappa shape index (κ2) is 6.01. The summed E-state index contributed by atoms with van der Waals surface area (Å²) in [5, 5.41) is 0.688. The highest BCUT2D eigenvalue weighted by atomic mass is 79.9. The zero-order valence-electron chi connectivity index (χ0n) is 8.02. The highest BCUT2D eigenvalue weighted by Crippen LogP contribution is 2.28. The van der Waals surface area contributed by atoms with Crippen LogP contribution >= 0.6 is 47.8 Å². The van der Waals surface area contributed by atoms with E-state index in [9.17, 15) is 4.79 Å². The molecule has 0 bridgehead atoms. The van der Waals surface area contributed by atoms with E-state index >= 15 is 0 Å². The Kier molecular flexibility index (Phi) is 5.29. The highest BCUT2D eigenvalue weighted by Gasteiger charge is 2.13. The second-order valence-corrected chi connectivity index (χ2v) is 5.05. The van der Waals surface area contributed by atoms with Crippen molar-refractivity contribution in [1.82, 2.24) is 0 Å². The van der Waals surface area contributed by atoms with Gasteiger partial charge in [0.05, 0.1) is 12.2 Å². The lowest BCUT2D eigenvalue weighted by Gasteiger charge is -2.07. The minimum atomic E-state index is -0.306. The minimum Gasteiger partial charge on any atom is -0.462 e. The van der Waals surface area contributed by atoms with Crippen LogP contribution in [0.2, 0.25) is 0 Å². The molecule has 0 N–H and O–H groups in total. The molecule has 5 heteroatoms. The Labute approximate surface area is 114 Å². The molecule has 1 rings (SSSR count). The van der Waals surface area contributed by atoms with Gasteiger partial charge in [-0.2, -0.15) is 0 Å². The van der Waals surface area contributed by atoms with E-state index in [1.807, 2.05) is 6.07 Å². The molecule has 0 amide bonds. The van der Waals surface area contributed by atoms with Crippen molar-refractivity contribution in [3.05, 3.63) is 32.2 Å². The second-order valence-electron chi connectivity index (χ2n) is 2.78. The van der Waals surface area contributed by atoms with Crippen LogP contribution in [0.5, 0.6) is 0 Å². The first kappa shape index (κ1) is 13.2. The summed E-state index contributed by atoms with van der Waals surface area (Å²) in [6, 6.07) is 3.66. The van der Waals surface area contributed by atoms with E-state index in [2.05, 4.69) is 47.8 Å². The number of carbonyl (C=O) groups excluding carboxylic acids is 1. The molecule has 1 aromatic rings. The maximum atomic E-state index is 11.6. The van der Waals surface area contributed by atoms with Crippen LogP contribution in [-0.2, 0) is 10.1 Å². The third kappa shape index (κ3) is 3.29. The molecule has 0 saturated heterocycles. The Morgan fingerprint density at radius 2 is 2.00 bits per heavy atom. The van der Waals surface area contributed by atoms with Gasteiger partial charge in [0.15, 0.2) is 0 Å². The molecular weight excluding hydrogens is 392 g/mol. The average Bonchev–Trinajstić information content (AvgIpc) is 2.18. The van der Waals surface area contributed by atoms with Crippen LogP contribution in [0, 0.1) is 0 Å². The van der Waals surface area contributed by atoms with Gasteiger partial charge in [-0.15, -0.1) is 0 Å². The highest BCUT2D eigenvalue weighted by molar-refractivity contribution is 9.11. The summed E-state index contributed by atoms with van der Waals surface area (Å²) < 4.78 is 6.64. The van der Waals surface area contributed by atoms with Crippen LogP contribution in [-0.4, -0.2) is 12.6 Å². The van der Waals surface area contributed by atoms with E-state index in [0.29, 0.717) is 17.5 Å². The Hall–Kier alpha value is 0.130. The molecular formula is C10H9Br3O2.